The van der Waals surface area contributed by atoms with Crippen LogP contribution in [0.2, 0.25) is 0 Å². The van der Waals surface area contributed by atoms with Crippen LogP contribution < -0.4 is 0 Å². The Bertz CT molecular complexity index is 316. The molecule has 2 rings (SSSR count). The lowest BCUT2D eigenvalue weighted by Crippen LogP contribution is -2.31. The van der Waals surface area contributed by atoms with Gasteiger partial charge in [-0.15, -0.1) is 0 Å². The topological polar surface area (TPSA) is 22.1 Å². The van der Waals surface area contributed by atoms with Crippen LogP contribution in [0, 0.1) is 0 Å². The highest BCUT2D eigenvalue weighted by Crippen LogP contribution is 2.35. The second-order valence-corrected chi connectivity index (χ2v) is 3.90. The molecule has 0 saturated carbocycles. The Hall–Kier alpha value is -0.673. The number of nitrogens with zero attached hydrogens (tertiary/aromatic N) is 1. The molecule has 1 aromatic heterocycles. The number of pyridine rings is 1. The molecule has 1 aromatic rings. The van der Waals surface area contributed by atoms with E-state index in [4.69, 9.17) is 4.43 Å². The highest BCUT2D eigenvalue weighted by atomic mass is 28.2. The Morgan fingerprint density at radius 3 is 3.23 bits per heavy atom. The number of fused-ring (bicyclic) bond motifs is 1. The van der Waals surface area contributed by atoms with Crippen molar-refractivity contribution in [3.8, 4) is 0 Å². The summed E-state index contributed by atoms with van der Waals surface area (Å²) in [5, 5.41) is 0. The highest BCUT2D eigenvalue weighted by Gasteiger charge is 2.32. The molecular formula is C10H12NOSi. The van der Waals surface area contributed by atoms with Gasteiger partial charge in [-0.1, -0.05) is 6.07 Å². The van der Waals surface area contributed by atoms with Gasteiger partial charge in [0.05, 0.1) is 11.3 Å². The second-order valence-electron chi connectivity index (χ2n) is 3.70. The molecule has 0 fully saturated rings. The normalized spacial score (nSPS) is 26.9. The summed E-state index contributed by atoms with van der Waals surface area (Å²) in [5.74, 6) is 0. The number of hydrogen-bond acceptors (Lipinski definition) is 2. The maximum Gasteiger partial charge on any atom is 0.247 e. The fourth-order valence-corrected chi connectivity index (χ4v) is 2.15. The van der Waals surface area contributed by atoms with Crippen molar-refractivity contribution in [2.75, 3.05) is 0 Å². The molecule has 1 atom stereocenters. The van der Waals surface area contributed by atoms with E-state index in [1.54, 1.807) is 0 Å². The fraction of sp³-hybridized carbons (Fsp3) is 0.500. The Morgan fingerprint density at radius 2 is 2.46 bits per heavy atom. The Morgan fingerprint density at radius 1 is 1.62 bits per heavy atom. The average Bonchev–Trinajstić information content (AvgIpc) is 2.19. The van der Waals surface area contributed by atoms with Crippen LogP contribution in [0.5, 0.6) is 0 Å². The summed E-state index contributed by atoms with van der Waals surface area (Å²) in [5.41, 5.74) is 2.15. The standard InChI is InChI=1S/C10H12NOSi/c1-10(12-13)6-2-4-8-5-3-7-11-9(8)10/h3,5,7H,2,4,6H2,1H3. The predicted molar refractivity (Wildman–Crippen MR) is 51.4 cm³/mol. The minimum atomic E-state index is -0.244. The van der Waals surface area contributed by atoms with Crippen molar-refractivity contribution in [1.82, 2.24) is 4.98 Å². The predicted octanol–water partition coefficient (Wildman–Crippen LogP) is 1.73. The van der Waals surface area contributed by atoms with Gasteiger partial charge in [0.2, 0.25) is 10.5 Å². The van der Waals surface area contributed by atoms with Crippen molar-refractivity contribution in [1.29, 1.82) is 0 Å². The molecule has 67 valence electrons. The van der Waals surface area contributed by atoms with E-state index in [0.29, 0.717) is 0 Å². The van der Waals surface area contributed by atoms with Crippen LogP contribution in [0.3, 0.4) is 0 Å². The van der Waals surface area contributed by atoms with Gasteiger partial charge in [-0.3, -0.25) is 4.98 Å². The van der Waals surface area contributed by atoms with Gasteiger partial charge < -0.3 is 4.43 Å². The third-order valence-corrected chi connectivity index (χ3v) is 3.17. The molecule has 1 aliphatic rings. The Labute approximate surface area is 81.9 Å². The molecule has 1 unspecified atom stereocenters. The average molecular weight is 190 g/mol. The lowest BCUT2D eigenvalue weighted by atomic mass is 9.84. The van der Waals surface area contributed by atoms with Crippen LogP contribution in [-0.2, 0) is 16.4 Å². The maximum absolute atomic E-state index is 5.35. The summed E-state index contributed by atoms with van der Waals surface area (Å²) >= 11 is 0. The zero-order valence-electron chi connectivity index (χ0n) is 7.71. The summed E-state index contributed by atoms with van der Waals surface area (Å²) in [4.78, 5) is 4.39. The van der Waals surface area contributed by atoms with E-state index < -0.39 is 0 Å². The van der Waals surface area contributed by atoms with Crippen molar-refractivity contribution in [2.24, 2.45) is 0 Å². The van der Waals surface area contributed by atoms with E-state index in [9.17, 15) is 0 Å². The lowest BCUT2D eigenvalue weighted by Gasteiger charge is -2.33. The quantitative estimate of drug-likeness (QED) is 0.629. The molecule has 3 radical (unpaired) electrons. The van der Waals surface area contributed by atoms with Crippen LogP contribution in [0.25, 0.3) is 0 Å². The molecule has 0 aliphatic heterocycles. The molecule has 0 N–H and O–H groups in total. The van der Waals surface area contributed by atoms with Crippen LogP contribution in [0.4, 0.5) is 0 Å². The van der Waals surface area contributed by atoms with Gasteiger partial charge in [-0.2, -0.15) is 0 Å². The highest BCUT2D eigenvalue weighted by molar-refractivity contribution is 5.98. The summed E-state index contributed by atoms with van der Waals surface area (Å²) < 4.78 is 5.35. The van der Waals surface area contributed by atoms with Crippen molar-refractivity contribution in [3.63, 3.8) is 0 Å². The minimum absolute atomic E-state index is 0.244. The summed E-state index contributed by atoms with van der Waals surface area (Å²) in [6.45, 7) is 2.07. The first kappa shape index (κ1) is 8.90. The van der Waals surface area contributed by atoms with E-state index in [0.717, 1.165) is 18.5 Å². The summed E-state index contributed by atoms with van der Waals surface area (Å²) in [7, 11) is 3.15. The Balaban J connectivity index is 2.48. The van der Waals surface area contributed by atoms with Crippen LogP contribution in [0.1, 0.15) is 31.0 Å². The second kappa shape index (κ2) is 3.23. The van der Waals surface area contributed by atoms with Crippen molar-refractivity contribution in [3.05, 3.63) is 29.6 Å². The van der Waals surface area contributed by atoms with Crippen molar-refractivity contribution in [2.45, 2.75) is 31.8 Å². The third-order valence-electron chi connectivity index (χ3n) is 2.72. The monoisotopic (exact) mass is 190 g/mol. The number of rotatable bonds is 1. The van der Waals surface area contributed by atoms with E-state index >= 15 is 0 Å². The molecule has 13 heavy (non-hydrogen) atoms. The number of aryl methyl sites for hydroxylation is 1. The van der Waals surface area contributed by atoms with Crippen molar-refractivity contribution >= 4 is 10.5 Å². The third kappa shape index (κ3) is 1.42. The van der Waals surface area contributed by atoms with E-state index in [1.165, 1.54) is 12.0 Å². The van der Waals surface area contributed by atoms with Gasteiger partial charge in [-0.05, 0) is 37.8 Å². The van der Waals surface area contributed by atoms with Crippen LogP contribution >= 0.6 is 0 Å². The molecule has 0 bridgehead atoms. The Kier molecular flexibility index (Phi) is 2.22. The van der Waals surface area contributed by atoms with Crippen LogP contribution in [-0.4, -0.2) is 15.5 Å². The molecule has 1 heterocycles. The largest absolute Gasteiger partial charge is 0.408 e. The van der Waals surface area contributed by atoms with E-state index in [1.807, 2.05) is 12.3 Å². The number of aromatic nitrogens is 1. The molecule has 0 aromatic carbocycles. The van der Waals surface area contributed by atoms with E-state index in [2.05, 4.69) is 28.5 Å². The first-order valence-electron chi connectivity index (χ1n) is 4.55. The molecule has 1 aliphatic carbocycles. The summed E-state index contributed by atoms with van der Waals surface area (Å²) in [6.07, 6.45) is 5.14. The smallest absolute Gasteiger partial charge is 0.247 e. The van der Waals surface area contributed by atoms with Crippen LogP contribution in [0.15, 0.2) is 18.3 Å². The minimum Gasteiger partial charge on any atom is -0.408 e. The van der Waals surface area contributed by atoms with Gasteiger partial charge in [0.1, 0.15) is 0 Å². The van der Waals surface area contributed by atoms with Gasteiger partial charge in [0.15, 0.2) is 0 Å². The van der Waals surface area contributed by atoms with Gasteiger partial charge in [0, 0.05) is 6.20 Å². The van der Waals surface area contributed by atoms with Gasteiger partial charge in [0.25, 0.3) is 0 Å². The number of hydrogen-bond donors (Lipinski definition) is 0. The first-order chi connectivity index (χ1) is 6.26. The van der Waals surface area contributed by atoms with E-state index in [-0.39, 0.29) is 5.60 Å². The molecule has 0 spiro atoms. The van der Waals surface area contributed by atoms with Gasteiger partial charge >= 0.3 is 0 Å². The molecule has 3 heteroatoms. The molecule has 0 saturated heterocycles. The SMILES string of the molecule is CC1(O[Si])CCCc2cccnc21. The summed E-state index contributed by atoms with van der Waals surface area (Å²) in [6, 6.07) is 4.11. The maximum atomic E-state index is 5.35. The van der Waals surface area contributed by atoms with Crippen molar-refractivity contribution < 1.29 is 4.43 Å². The zero-order valence-corrected chi connectivity index (χ0v) is 8.71. The first-order valence-corrected chi connectivity index (χ1v) is 4.96. The zero-order chi connectivity index (χ0) is 9.31. The molecule has 2 nitrogen and oxygen atoms in total. The fourth-order valence-electron chi connectivity index (χ4n) is 1.95. The lowest BCUT2D eigenvalue weighted by molar-refractivity contribution is 0.0737. The molecular weight excluding hydrogens is 178 g/mol. The van der Waals surface area contributed by atoms with Gasteiger partial charge in [-0.25, -0.2) is 0 Å². The molecule has 0 amide bonds.